The Labute approximate surface area is 264 Å². The van der Waals surface area contributed by atoms with Gasteiger partial charge in [-0.25, -0.2) is 8.78 Å². The average Bonchev–Trinajstić information content (AvgIpc) is 3.03. The van der Waals surface area contributed by atoms with E-state index in [9.17, 15) is 28.0 Å². The van der Waals surface area contributed by atoms with E-state index < -0.39 is 11.6 Å². The molecular weight excluding hydrogens is 594 g/mol. The first kappa shape index (κ1) is 32.8. The first-order valence-corrected chi connectivity index (χ1v) is 16.0. The standard InChI is InChI=1S/C36H38F2N2O6/c1-3-45-33(41)11-7-5-9-17-39-29-15-13-23(37)19-25(29)35(43)27-22-32-28(21-31(27)39)36(44)26-20-24(38)14-16-30(26)40(32)18-10-6-8-12-34(42)46-4-2/h13-16,19-22H,3-12,17-18H2,1-2H3. The fraction of sp³-hybridized carbons (Fsp3) is 0.389. The molecular formula is C36H38F2N2O6. The monoisotopic (exact) mass is 632 g/mol. The number of unbranched alkanes of at least 4 members (excludes halogenated alkanes) is 4. The number of aryl methyl sites for hydroxylation is 2. The van der Waals surface area contributed by atoms with E-state index in [4.69, 9.17) is 9.47 Å². The van der Waals surface area contributed by atoms with Crippen molar-refractivity contribution in [3.05, 3.63) is 80.6 Å². The zero-order valence-corrected chi connectivity index (χ0v) is 26.2. The number of benzene rings is 3. The fourth-order valence-electron chi connectivity index (χ4n) is 6.17. The number of nitrogens with zero attached hydrogens (tertiary/aromatic N) is 2. The van der Waals surface area contributed by atoms with Crippen molar-refractivity contribution in [3.8, 4) is 0 Å². The lowest BCUT2D eigenvalue weighted by atomic mass is 10.0. The number of rotatable bonds is 14. The van der Waals surface area contributed by atoms with Gasteiger partial charge in [-0.2, -0.15) is 0 Å². The number of carbonyl (C=O) groups excluding carboxylic acids is 2. The molecule has 3 aromatic carbocycles. The molecule has 0 atom stereocenters. The topological polar surface area (TPSA) is 96.6 Å². The van der Waals surface area contributed by atoms with Gasteiger partial charge in [-0.15, -0.1) is 0 Å². The van der Waals surface area contributed by atoms with E-state index in [0.717, 1.165) is 12.8 Å². The first-order chi connectivity index (χ1) is 22.2. The van der Waals surface area contributed by atoms with Crippen molar-refractivity contribution in [1.82, 2.24) is 9.13 Å². The normalized spacial score (nSPS) is 11.6. The van der Waals surface area contributed by atoms with Crippen LogP contribution in [0.15, 0.2) is 58.1 Å². The van der Waals surface area contributed by atoms with Gasteiger partial charge in [0.2, 0.25) is 0 Å². The minimum Gasteiger partial charge on any atom is -0.466 e. The third-order valence-corrected chi connectivity index (χ3v) is 8.31. The number of carbonyl (C=O) groups is 2. The van der Waals surface area contributed by atoms with E-state index in [1.165, 1.54) is 24.3 Å². The Balaban J connectivity index is 1.61. The second kappa shape index (κ2) is 14.7. The maximum atomic E-state index is 14.4. The van der Waals surface area contributed by atoms with E-state index in [0.29, 0.717) is 97.7 Å². The van der Waals surface area contributed by atoms with E-state index in [1.54, 1.807) is 38.1 Å². The van der Waals surface area contributed by atoms with Gasteiger partial charge in [-0.3, -0.25) is 19.2 Å². The predicted molar refractivity (Wildman–Crippen MR) is 175 cm³/mol. The van der Waals surface area contributed by atoms with Crippen LogP contribution in [0.3, 0.4) is 0 Å². The van der Waals surface area contributed by atoms with Gasteiger partial charge in [0.05, 0.1) is 35.3 Å². The number of hydrogen-bond acceptors (Lipinski definition) is 6. The van der Waals surface area contributed by atoms with Crippen molar-refractivity contribution >= 4 is 55.6 Å². The highest BCUT2D eigenvalue weighted by molar-refractivity contribution is 6.03. The number of halogens is 2. The molecule has 0 saturated heterocycles. The Morgan fingerprint density at radius 1 is 0.565 bits per heavy atom. The lowest BCUT2D eigenvalue weighted by Crippen LogP contribution is -2.16. The van der Waals surface area contributed by atoms with Crippen LogP contribution >= 0.6 is 0 Å². The summed E-state index contributed by atoms with van der Waals surface area (Å²) in [6.45, 7) is 5.11. The highest BCUT2D eigenvalue weighted by atomic mass is 19.1. The van der Waals surface area contributed by atoms with Gasteiger partial charge in [0, 0.05) is 47.5 Å². The number of pyridine rings is 2. The lowest BCUT2D eigenvalue weighted by molar-refractivity contribution is -0.144. The van der Waals surface area contributed by atoms with Crippen LogP contribution in [0.5, 0.6) is 0 Å². The number of aromatic nitrogens is 2. The summed E-state index contributed by atoms with van der Waals surface area (Å²) < 4.78 is 42.7. The van der Waals surface area contributed by atoms with Crippen LogP contribution in [-0.4, -0.2) is 34.3 Å². The number of ether oxygens (including phenoxy) is 2. The SMILES string of the molecule is CCOC(=O)CCCCCn1c2ccc(F)cc2c(=O)c2cc3c(cc21)c(=O)c1cc(F)ccc1n3CCCCCC(=O)OCC. The third-order valence-electron chi connectivity index (χ3n) is 8.31. The zero-order chi connectivity index (χ0) is 32.8. The fourth-order valence-corrected chi connectivity index (χ4v) is 6.17. The van der Waals surface area contributed by atoms with Gasteiger partial charge >= 0.3 is 11.9 Å². The average molecular weight is 633 g/mol. The second-order valence-corrected chi connectivity index (χ2v) is 11.4. The van der Waals surface area contributed by atoms with E-state index in [1.807, 2.05) is 9.13 Å². The Bertz CT molecular complexity index is 1900. The second-order valence-electron chi connectivity index (χ2n) is 11.4. The van der Waals surface area contributed by atoms with Gasteiger partial charge in [0.25, 0.3) is 0 Å². The summed E-state index contributed by atoms with van der Waals surface area (Å²) in [5.41, 5.74) is 1.43. The van der Waals surface area contributed by atoms with Crippen molar-refractivity contribution in [2.45, 2.75) is 78.3 Å². The molecule has 0 aliphatic heterocycles. The maximum absolute atomic E-state index is 14.4. The van der Waals surface area contributed by atoms with Crippen molar-refractivity contribution in [1.29, 1.82) is 0 Å². The van der Waals surface area contributed by atoms with Crippen molar-refractivity contribution in [3.63, 3.8) is 0 Å². The molecule has 2 aromatic heterocycles. The van der Waals surface area contributed by atoms with E-state index in [-0.39, 0.29) is 33.6 Å². The van der Waals surface area contributed by atoms with Crippen molar-refractivity contribution < 1.29 is 27.8 Å². The Morgan fingerprint density at radius 2 is 0.957 bits per heavy atom. The highest BCUT2D eigenvalue weighted by Gasteiger charge is 2.18. The molecule has 0 N–H and O–H groups in total. The summed E-state index contributed by atoms with van der Waals surface area (Å²) in [7, 11) is 0. The highest BCUT2D eigenvalue weighted by Crippen LogP contribution is 2.28. The molecule has 5 rings (SSSR count). The molecule has 0 aliphatic rings. The Morgan fingerprint density at radius 3 is 1.35 bits per heavy atom. The third kappa shape index (κ3) is 6.95. The van der Waals surface area contributed by atoms with Crippen LogP contribution < -0.4 is 10.9 Å². The number of hydrogen-bond donors (Lipinski definition) is 0. The number of fused-ring (bicyclic) bond motifs is 4. The van der Waals surface area contributed by atoms with Crippen LogP contribution in [0.2, 0.25) is 0 Å². The van der Waals surface area contributed by atoms with Crippen LogP contribution in [0.25, 0.3) is 43.6 Å². The minimum absolute atomic E-state index is 0.231. The smallest absolute Gasteiger partial charge is 0.305 e. The molecule has 0 fully saturated rings. The molecule has 0 unspecified atom stereocenters. The molecule has 0 saturated carbocycles. The molecule has 5 aromatic rings. The van der Waals surface area contributed by atoms with Gasteiger partial charge < -0.3 is 18.6 Å². The minimum atomic E-state index is -0.529. The van der Waals surface area contributed by atoms with Crippen LogP contribution in [0.1, 0.15) is 65.2 Å². The van der Waals surface area contributed by atoms with Gasteiger partial charge in [0.15, 0.2) is 10.9 Å². The summed E-state index contributed by atoms with van der Waals surface area (Å²) in [6, 6.07) is 11.6. The summed E-state index contributed by atoms with van der Waals surface area (Å²) in [4.78, 5) is 51.3. The molecule has 0 radical (unpaired) electrons. The van der Waals surface area contributed by atoms with Crippen LogP contribution in [0.4, 0.5) is 8.78 Å². The largest absolute Gasteiger partial charge is 0.466 e. The molecule has 242 valence electrons. The van der Waals surface area contributed by atoms with E-state index in [2.05, 4.69) is 0 Å². The van der Waals surface area contributed by atoms with Gasteiger partial charge in [0.1, 0.15) is 11.6 Å². The summed E-state index contributed by atoms with van der Waals surface area (Å²) in [5.74, 6) is -1.55. The first-order valence-electron chi connectivity index (χ1n) is 16.0. The zero-order valence-electron chi connectivity index (χ0n) is 26.2. The lowest BCUT2D eigenvalue weighted by Gasteiger charge is -2.19. The molecule has 8 nitrogen and oxygen atoms in total. The van der Waals surface area contributed by atoms with Crippen LogP contribution in [0, 0.1) is 11.6 Å². The van der Waals surface area contributed by atoms with E-state index >= 15 is 0 Å². The van der Waals surface area contributed by atoms with Gasteiger partial charge in [-0.1, -0.05) is 12.8 Å². The Hall–Kier alpha value is -4.60. The molecule has 0 bridgehead atoms. The van der Waals surface area contributed by atoms with Crippen molar-refractivity contribution in [2.24, 2.45) is 0 Å². The molecule has 0 spiro atoms. The summed E-state index contributed by atoms with van der Waals surface area (Å²) >= 11 is 0. The van der Waals surface area contributed by atoms with Crippen molar-refractivity contribution in [2.75, 3.05) is 13.2 Å². The molecule has 0 aliphatic carbocycles. The number of esters is 2. The van der Waals surface area contributed by atoms with Gasteiger partial charge in [-0.05, 0) is 88.1 Å². The predicted octanol–water partition coefficient (Wildman–Crippen LogP) is 7.15. The maximum Gasteiger partial charge on any atom is 0.305 e. The van der Waals surface area contributed by atoms with Crippen LogP contribution in [-0.2, 0) is 32.2 Å². The molecule has 2 heterocycles. The summed E-state index contributed by atoms with van der Waals surface area (Å²) in [5, 5.41) is 1.14. The molecule has 46 heavy (non-hydrogen) atoms. The summed E-state index contributed by atoms with van der Waals surface area (Å²) in [6.07, 6.45) is 4.65. The quantitative estimate of drug-likeness (QED) is 0.0733. The molecule has 10 heteroatoms. The Kier molecular flexibility index (Phi) is 10.4. The molecule has 0 amide bonds.